The molecule has 0 aliphatic carbocycles. The summed E-state index contributed by atoms with van der Waals surface area (Å²) in [5, 5.41) is 7.71. The van der Waals surface area contributed by atoms with Crippen molar-refractivity contribution in [1.82, 2.24) is 20.1 Å². The number of nitrogens with one attached hydrogen (secondary N) is 1. The van der Waals surface area contributed by atoms with Gasteiger partial charge in [-0.25, -0.2) is 9.67 Å². The van der Waals surface area contributed by atoms with Gasteiger partial charge in [0.1, 0.15) is 12.2 Å². The largest absolute Gasteiger partial charge is 0.303 e. The molecule has 0 fully saturated rings. The Labute approximate surface area is 108 Å². The fourth-order valence-corrected chi connectivity index (χ4v) is 1.94. The lowest BCUT2D eigenvalue weighted by Gasteiger charge is -2.15. The summed E-state index contributed by atoms with van der Waals surface area (Å²) in [6, 6.07) is 11.1. The molecule has 2 aromatic rings. The van der Waals surface area contributed by atoms with Crippen molar-refractivity contribution < 1.29 is 0 Å². The second kappa shape index (κ2) is 5.78. The van der Waals surface area contributed by atoms with Crippen LogP contribution in [0.1, 0.15) is 44.2 Å². The van der Waals surface area contributed by atoms with Crippen molar-refractivity contribution in [3.8, 4) is 0 Å². The third-order valence-corrected chi connectivity index (χ3v) is 3.00. The maximum absolute atomic E-state index is 4.29. The van der Waals surface area contributed by atoms with Gasteiger partial charge in [0.25, 0.3) is 0 Å². The zero-order chi connectivity index (χ0) is 13.0. The highest BCUT2D eigenvalue weighted by Crippen LogP contribution is 2.12. The van der Waals surface area contributed by atoms with Crippen LogP contribution in [0.4, 0.5) is 0 Å². The van der Waals surface area contributed by atoms with E-state index in [1.807, 2.05) is 10.7 Å². The van der Waals surface area contributed by atoms with Gasteiger partial charge in [0, 0.05) is 12.1 Å². The first kappa shape index (κ1) is 12.8. The van der Waals surface area contributed by atoms with Gasteiger partial charge in [0.05, 0.1) is 6.54 Å². The minimum Gasteiger partial charge on any atom is -0.303 e. The summed E-state index contributed by atoms with van der Waals surface area (Å²) in [5.41, 5.74) is 1.29. The van der Waals surface area contributed by atoms with Crippen LogP contribution in [0.25, 0.3) is 0 Å². The molecule has 0 aliphatic rings. The lowest BCUT2D eigenvalue weighted by Crippen LogP contribution is -2.21. The lowest BCUT2D eigenvalue weighted by atomic mass is 10.1. The Hall–Kier alpha value is -1.68. The summed E-state index contributed by atoms with van der Waals surface area (Å²) in [6.45, 7) is 7.11. The summed E-state index contributed by atoms with van der Waals surface area (Å²) >= 11 is 0. The van der Waals surface area contributed by atoms with Gasteiger partial charge >= 0.3 is 0 Å². The molecular weight excluding hydrogens is 224 g/mol. The third-order valence-electron chi connectivity index (χ3n) is 3.00. The molecule has 4 nitrogen and oxygen atoms in total. The minimum absolute atomic E-state index is 0.309. The number of aromatic nitrogens is 3. The third kappa shape index (κ3) is 2.96. The van der Waals surface area contributed by atoms with E-state index >= 15 is 0 Å². The number of rotatable bonds is 5. The fourth-order valence-electron chi connectivity index (χ4n) is 1.94. The Morgan fingerprint density at radius 1 is 1.17 bits per heavy atom. The fraction of sp³-hybridized carbons (Fsp3) is 0.429. The van der Waals surface area contributed by atoms with Crippen molar-refractivity contribution in [3.63, 3.8) is 0 Å². The summed E-state index contributed by atoms with van der Waals surface area (Å²) in [6.07, 6.45) is 1.62. The topological polar surface area (TPSA) is 42.7 Å². The molecule has 1 aromatic heterocycles. The first-order valence-electron chi connectivity index (χ1n) is 6.35. The van der Waals surface area contributed by atoms with Crippen LogP contribution >= 0.6 is 0 Å². The average Bonchev–Trinajstić information content (AvgIpc) is 2.85. The monoisotopic (exact) mass is 244 g/mol. The van der Waals surface area contributed by atoms with E-state index in [-0.39, 0.29) is 0 Å². The van der Waals surface area contributed by atoms with Gasteiger partial charge < -0.3 is 5.32 Å². The number of hydrogen-bond donors (Lipinski definition) is 1. The Balaban J connectivity index is 1.97. The first-order chi connectivity index (χ1) is 8.68. The zero-order valence-corrected chi connectivity index (χ0v) is 11.2. The van der Waals surface area contributed by atoms with Crippen molar-refractivity contribution in [2.24, 2.45) is 0 Å². The highest BCUT2D eigenvalue weighted by atomic mass is 15.4. The molecule has 96 valence electrons. The minimum atomic E-state index is 0.309. The maximum Gasteiger partial charge on any atom is 0.141 e. The summed E-state index contributed by atoms with van der Waals surface area (Å²) in [5.74, 6) is 0.979. The van der Waals surface area contributed by atoms with Crippen molar-refractivity contribution in [2.75, 3.05) is 0 Å². The van der Waals surface area contributed by atoms with Crippen molar-refractivity contribution in [2.45, 2.75) is 39.4 Å². The number of benzene rings is 1. The lowest BCUT2D eigenvalue weighted by molar-refractivity contribution is 0.473. The molecule has 1 heterocycles. The van der Waals surface area contributed by atoms with Gasteiger partial charge in [0.2, 0.25) is 0 Å². The molecule has 0 saturated heterocycles. The highest BCUT2D eigenvalue weighted by Gasteiger charge is 2.09. The summed E-state index contributed by atoms with van der Waals surface area (Å²) in [7, 11) is 0. The quantitative estimate of drug-likeness (QED) is 0.879. The predicted octanol–water partition coefficient (Wildman–Crippen LogP) is 2.71. The number of hydrogen-bond acceptors (Lipinski definition) is 3. The Morgan fingerprint density at radius 2 is 1.89 bits per heavy atom. The number of nitrogens with zero attached hydrogens (tertiary/aromatic N) is 3. The molecule has 4 heteroatoms. The van der Waals surface area contributed by atoms with Gasteiger partial charge in [-0.2, -0.15) is 5.10 Å². The van der Waals surface area contributed by atoms with Crippen LogP contribution in [-0.4, -0.2) is 14.8 Å². The van der Waals surface area contributed by atoms with Crippen molar-refractivity contribution >= 4 is 0 Å². The van der Waals surface area contributed by atoms with E-state index in [4.69, 9.17) is 0 Å². The van der Waals surface area contributed by atoms with E-state index in [9.17, 15) is 0 Å². The van der Waals surface area contributed by atoms with Gasteiger partial charge in [-0.3, -0.25) is 0 Å². The smallest absolute Gasteiger partial charge is 0.141 e. The first-order valence-corrected chi connectivity index (χ1v) is 6.35. The molecule has 0 unspecified atom stereocenters. The molecule has 0 spiro atoms. The second-order valence-electron chi connectivity index (χ2n) is 4.73. The normalized spacial score (nSPS) is 12.9. The van der Waals surface area contributed by atoms with Crippen LogP contribution in [-0.2, 0) is 6.54 Å². The molecule has 0 saturated carbocycles. The van der Waals surface area contributed by atoms with E-state index in [1.54, 1.807) is 6.33 Å². The highest BCUT2D eigenvalue weighted by molar-refractivity contribution is 5.18. The van der Waals surface area contributed by atoms with Crippen molar-refractivity contribution in [3.05, 3.63) is 48.0 Å². The van der Waals surface area contributed by atoms with Crippen LogP contribution in [0.2, 0.25) is 0 Å². The van der Waals surface area contributed by atoms with E-state index in [0.29, 0.717) is 12.1 Å². The predicted molar refractivity (Wildman–Crippen MR) is 72.1 cm³/mol. The Kier molecular flexibility index (Phi) is 4.10. The molecule has 1 N–H and O–H groups in total. The molecule has 0 bridgehead atoms. The van der Waals surface area contributed by atoms with Gasteiger partial charge in [-0.1, -0.05) is 30.3 Å². The molecule has 1 atom stereocenters. The maximum atomic E-state index is 4.29. The van der Waals surface area contributed by atoms with Gasteiger partial charge in [0.15, 0.2) is 0 Å². The van der Waals surface area contributed by atoms with Gasteiger partial charge in [-0.15, -0.1) is 0 Å². The van der Waals surface area contributed by atoms with E-state index in [2.05, 4.69) is 60.4 Å². The second-order valence-corrected chi connectivity index (χ2v) is 4.73. The van der Waals surface area contributed by atoms with Crippen molar-refractivity contribution in [1.29, 1.82) is 0 Å². The molecule has 0 radical (unpaired) electrons. The van der Waals surface area contributed by atoms with Crippen LogP contribution < -0.4 is 5.32 Å². The van der Waals surface area contributed by atoms with E-state index in [0.717, 1.165) is 12.4 Å². The Bertz CT molecular complexity index is 476. The molecule has 2 rings (SSSR count). The molecule has 0 amide bonds. The van der Waals surface area contributed by atoms with E-state index < -0.39 is 0 Å². The van der Waals surface area contributed by atoms with E-state index in [1.165, 1.54) is 5.56 Å². The molecule has 0 aliphatic heterocycles. The molecular formula is C14H20N4. The summed E-state index contributed by atoms with van der Waals surface area (Å²) < 4.78 is 1.95. The Morgan fingerprint density at radius 3 is 2.56 bits per heavy atom. The standard InChI is InChI=1S/C14H20N4/c1-11(2)18-14(16-10-17-18)9-15-12(3)13-7-5-4-6-8-13/h4-8,10-12,15H,9H2,1-3H3/t12-/m1/s1. The molecule has 18 heavy (non-hydrogen) atoms. The average molecular weight is 244 g/mol. The van der Waals surface area contributed by atoms with Crippen LogP contribution in [0.3, 0.4) is 0 Å². The van der Waals surface area contributed by atoms with Crippen LogP contribution in [0.5, 0.6) is 0 Å². The summed E-state index contributed by atoms with van der Waals surface area (Å²) in [4.78, 5) is 4.29. The van der Waals surface area contributed by atoms with Crippen LogP contribution in [0, 0.1) is 0 Å². The van der Waals surface area contributed by atoms with Gasteiger partial charge in [-0.05, 0) is 26.3 Å². The SMILES string of the molecule is CC(C)n1ncnc1CN[C@H](C)c1ccccc1. The molecule has 1 aromatic carbocycles. The zero-order valence-electron chi connectivity index (χ0n) is 11.2. The van der Waals surface area contributed by atoms with Crippen LogP contribution in [0.15, 0.2) is 36.7 Å².